The van der Waals surface area contributed by atoms with Gasteiger partial charge < -0.3 is 19.3 Å². The smallest absolute Gasteiger partial charge is 0.377 e. The molecule has 1 atom stereocenters. The summed E-state index contributed by atoms with van der Waals surface area (Å²) in [6.07, 6.45) is -0.239. The van der Waals surface area contributed by atoms with Crippen LogP contribution in [0.4, 0.5) is 0 Å². The predicted octanol–water partition coefficient (Wildman–Crippen LogP) is 2.23. The maximum atomic E-state index is 11.6. The average Bonchev–Trinajstić information content (AvgIpc) is 2.46. The number of hydrogen-bond donors (Lipinski definition) is 1. The highest BCUT2D eigenvalue weighted by Gasteiger charge is 2.43. The Balaban J connectivity index is 2.87. The molecule has 0 fully saturated rings. The Morgan fingerprint density at radius 1 is 1.14 bits per heavy atom. The van der Waals surface area contributed by atoms with Crippen LogP contribution in [0.1, 0.15) is 26.7 Å². The molecule has 0 saturated heterocycles. The Bertz CT molecular complexity index is 458. The van der Waals surface area contributed by atoms with Crippen LogP contribution in [0.25, 0.3) is 0 Å². The van der Waals surface area contributed by atoms with E-state index in [2.05, 4.69) is 0 Å². The Hall–Kier alpha value is -2.08. The van der Waals surface area contributed by atoms with Gasteiger partial charge in [0.05, 0.1) is 13.0 Å². The van der Waals surface area contributed by atoms with Crippen LogP contribution in [0.5, 0.6) is 5.75 Å². The van der Waals surface area contributed by atoms with Gasteiger partial charge >= 0.3 is 17.7 Å². The van der Waals surface area contributed by atoms with Crippen molar-refractivity contribution in [2.24, 2.45) is 0 Å². The number of carbonyl (C=O) groups excluding carboxylic acids is 1. The van der Waals surface area contributed by atoms with Gasteiger partial charge in [-0.2, -0.15) is 0 Å². The van der Waals surface area contributed by atoms with Gasteiger partial charge in [-0.1, -0.05) is 18.2 Å². The third-order valence-corrected chi connectivity index (χ3v) is 2.69. The molecule has 0 aromatic heterocycles. The molecule has 116 valence electrons. The summed E-state index contributed by atoms with van der Waals surface area (Å²) in [5.41, 5.74) is 0. The topological polar surface area (TPSA) is 82.1 Å². The van der Waals surface area contributed by atoms with E-state index in [1.807, 2.05) is 0 Å². The minimum absolute atomic E-state index is 0.104. The van der Waals surface area contributed by atoms with Gasteiger partial charge in [-0.25, -0.2) is 4.79 Å². The van der Waals surface area contributed by atoms with Crippen molar-refractivity contribution in [1.29, 1.82) is 0 Å². The third kappa shape index (κ3) is 5.07. The summed E-state index contributed by atoms with van der Waals surface area (Å²) >= 11 is 0. The molecular formula is C15H20O6. The van der Waals surface area contributed by atoms with Crippen LogP contribution in [-0.4, -0.2) is 36.0 Å². The molecule has 0 aliphatic heterocycles. The number of carboxylic acids is 1. The molecule has 0 bridgehead atoms. The molecule has 0 spiro atoms. The second kappa shape index (κ2) is 8.26. The van der Waals surface area contributed by atoms with Crippen molar-refractivity contribution < 1.29 is 28.9 Å². The van der Waals surface area contributed by atoms with Crippen molar-refractivity contribution >= 4 is 11.9 Å². The molecule has 1 aromatic carbocycles. The molecular weight excluding hydrogens is 276 g/mol. The first-order chi connectivity index (χ1) is 10.0. The lowest BCUT2D eigenvalue weighted by Crippen LogP contribution is -2.47. The largest absolute Gasteiger partial charge is 0.476 e. The summed E-state index contributed by atoms with van der Waals surface area (Å²) < 4.78 is 15.6. The number of carbonyl (C=O) groups is 2. The van der Waals surface area contributed by atoms with Crippen LogP contribution in [0.2, 0.25) is 0 Å². The molecule has 6 nitrogen and oxygen atoms in total. The number of ether oxygens (including phenoxy) is 3. The van der Waals surface area contributed by atoms with Gasteiger partial charge in [-0.3, -0.25) is 4.79 Å². The molecule has 0 aliphatic rings. The molecule has 0 amide bonds. The van der Waals surface area contributed by atoms with E-state index in [1.54, 1.807) is 44.2 Å². The van der Waals surface area contributed by atoms with Gasteiger partial charge in [-0.15, -0.1) is 0 Å². The van der Waals surface area contributed by atoms with Crippen molar-refractivity contribution in [2.75, 3.05) is 13.2 Å². The zero-order valence-electron chi connectivity index (χ0n) is 12.2. The van der Waals surface area contributed by atoms with Gasteiger partial charge in [0.2, 0.25) is 0 Å². The van der Waals surface area contributed by atoms with Crippen molar-refractivity contribution in [1.82, 2.24) is 0 Å². The molecule has 21 heavy (non-hydrogen) atoms. The maximum absolute atomic E-state index is 11.6. The second-order valence-corrected chi connectivity index (χ2v) is 4.21. The monoisotopic (exact) mass is 296 g/mol. The van der Waals surface area contributed by atoms with Crippen molar-refractivity contribution in [3.05, 3.63) is 30.3 Å². The number of rotatable bonds is 9. The zero-order valence-corrected chi connectivity index (χ0v) is 12.2. The van der Waals surface area contributed by atoms with Gasteiger partial charge in [0.1, 0.15) is 5.75 Å². The number of hydrogen-bond acceptors (Lipinski definition) is 5. The minimum atomic E-state index is -1.90. The highest BCUT2D eigenvalue weighted by atomic mass is 16.7. The first-order valence-corrected chi connectivity index (χ1v) is 6.81. The van der Waals surface area contributed by atoms with Crippen LogP contribution in [0.15, 0.2) is 30.3 Å². The first kappa shape index (κ1) is 17.0. The fourth-order valence-corrected chi connectivity index (χ4v) is 1.78. The summed E-state index contributed by atoms with van der Waals surface area (Å²) in [5.74, 6) is -3.31. The Kier molecular flexibility index (Phi) is 6.68. The standard InChI is InChI=1S/C15H20O6/c1-3-19-13(16)10-11-15(14(17)18,20-4-2)21-12-8-6-5-7-9-12/h5-9H,3-4,10-11H2,1-2H3,(H,17,18). The number of carboxylic acid groups (broad SMARTS) is 1. The number of aliphatic carboxylic acids is 1. The summed E-state index contributed by atoms with van der Waals surface area (Å²) in [7, 11) is 0. The Morgan fingerprint density at radius 2 is 1.81 bits per heavy atom. The van der Waals surface area contributed by atoms with E-state index >= 15 is 0 Å². The van der Waals surface area contributed by atoms with E-state index in [-0.39, 0.29) is 26.1 Å². The Labute approximate surface area is 123 Å². The highest BCUT2D eigenvalue weighted by molar-refractivity contribution is 5.77. The molecule has 1 aromatic rings. The molecule has 0 heterocycles. The zero-order chi connectivity index (χ0) is 15.7. The van der Waals surface area contributed by atoms with Gasteiger partial charge in [0.25, 0.3) is 0 Å². The molecule has 1 rings (SSSR count). The molecule has 1 unspecified atom stereocenters. The van der Waals surface area contributed by atoms with Crippen LogP contribution in [0, 0.1) is 0 Å². The number of para-hydroxylation sites is 1. The molecule has 0 aliphatic carbocycles. The quantitative estimate of drug-likeness (QED) is 0.556. The molecule has 6 heteroatoms. The third-order valence-electron chi connectivity index (χ3n) is 2.69. The van der Waals surface area contributed by atoms with Crippen LogP contribution in [-0.2, 0) is 19.1 Å². The van der Waals surface area contributed by atoms with E-state index < -0.39 is 17.7 Å². The van der Waals surface area contributed by atoms with E-state index in [0.29, 0.717) is 5.75 Å². The van der Waals surface area contributed by atoms with E-state index in [9.17, 15) is 14.7 Å². The van der Waals surface area contributed by atoms with Crippen LogP contribution >= 0.6 is 0 Å². The lowest BCUT2D eigenvalue weighted by Gasteiger charge is -2.29. The fourth-order valence-electron chi connectivity index (χ4n) is 1.78. The van der Waals surface area contributed by atoms with Gasteiger partial charge in [-0.05, 0) is 26.0 Å². The molecule has 0 saturated carbocycles. The molecule has 0 radical (unpaired) electrons. The van der Waals surface area contributed by atoms with E-state index in [1.165, 1.54) is 0 Å². The van der Waals surface area contributed by atoms with Gasteiger partial charge in [0, 0.05) is 13.0 Å². The average molecular weight is 296 g/mol. The minimum Gasteiger partial charge on any atom is -0.476 e. The normalized spacial score (nSPS) is 13.2. The number of esters is 1. The van der Waals surface area contributed by atoms with Crippen molar-refractivity contribution in [2.45, 2.75) is 32.5 Å². The van der Waals surface area contributed by atoms with Gasteiger partial charge in [0.15, 0.2) is 0 Å². The molecule has 1 N–H and O–H groups in total. The highest BCUT2D eigenvalue weighted by Crippen LogP contribution is 2.25. The lowest BCUT2D eigenvalue weighted by atomic mass is 10.1. The van der Waals surface area contributed by atoms with Crippen LogP contribution < -0.4 is 4.74 Å². The summed E-state index contributed by atoms with van der Waals surface area (Å²) in [5, 5.41) is 9.46. The predicted molar refractivity (Wildman–Crippen MR) is 74.9 cm³/mol. The second-order valence-electron chi connectivity index (χ2n) is 4.21. The lowest BCUT2D eigenvalue weighted by molar-refractivity contribution is -0.214. The van der Waals surface area contributed by atoms with Crippen molar-refractivity contribution in [3.63, 3.8) is 0 Å². The first-order valence-electron chi connectivity index (χ1n) is 6.81. The number of benzene rings is 1. The summed E-state index contributed by atoms with van der Waals surface area (Å²) in [4.78, 5) is 23.0. The van der Waals surface area contributed by atoms with Crippen molar-refractivity contribution in [3.8, 4) is 5.75 Å². The van der Waals surface area contributed by atoms with E-state index in [4.69, 9.17) is 14.2 Å². The Morgan fingerprint density at radius 3 is 2.33 bits per heavy atom. The van der Waals surface area contributed by atoms with Crippen LogP contribution in [0.3, 0.4) is 0 Å². The SMILES string of the molecule is CCOC(=O)CCC(OCC)(Oc1ccccc1)C(=O)O. The maximum Gasteiger partial charge on any atom is 0.377 e. The fraction of sp³-hybridized carbons (Fsp3) is 0.467. The van der Waals surface area contributed by atoms with E-state index in [0.717, 1.165) is 0 Å². The summed E-state index contributed by atoms with van der Waals surface area (Å²) in [6.45, 7) is 3.73. The summed E-state index contributed by atoms with van der Waals surface area (Å²) in [6, 6.07) is 8.48.